The molecule has 5 nitrogen and oxygen atoms in total. The molecule has 138 valence electrons. The van der Waals surface area contributed by atoms with Gasteiger partial charge >= 0.3 is 6.18 Å². The second-order valence-corrected chi connectivity index (χ2v) is 8.74. The van der Waals surface area contributed by atoms with E-state index in [0.29, 0.717) is 18.9 Å². The number of nitrogens with zero attached hydrogens (tertiary/aromatic N) is 2. The van der Waals surface area contributed by atoms with Gasteiger partial charge in [0.05, 0.1) is 17.8 Å². The van der Waals surface area contributed by atoms with Crippen molar-refractivity contribution in [1.29, 1.82) is 0 Å². The molecule has 2 aliphatic rings. The van der Waals surface area contributed by atoms with E-state index in [2.05, 4.69) is 5.16 Å². The van der Waals surface area contributed by atoms with Gasteiger partial charge in [0.1, 0.15) is 0 Å². The summed E-state index contributed by atoms with van der Waals surface area (Å²) in [6, 6.07) is 3.81. The summed E-state index contributed by atoms with van der Waals surface area (Å²) in [6.45, 7) is 4.24. The maximum atomic E-state index is 12.8. The fraction of sp³-hybridized carbons (Fsp3) is 0.562. The van der Waals surface area contributed by atoms with Crippen molar-refractivity contribution in [1.82, 2.24) is 4.31 Å². The number of hydrogen-bond donors (Lipinski definition) is 0. The molecule has 0 amide bonds. The summed E-state index contributed by atoms with van der Waals surface area (Å²) in [5, 5.41) is 4.05. The minimum Gasteiger partial charge on any atom is -0.593 e. The Morgan fingerprint density at radius 1 is 1.40 bits per heavy atom. The Labute approximate surface area is 145 Å². The highest BCUT2D eigenvalue weighted by Crippen LogP contribution is 2.39. The number of halogens is 3. The van der Waals surface area contributed by atoms with Crippen LogP contribution >= 0.6 is 0 Å². The van der Waals surface area contributed by atoms with Crippen molar-refractivity contribution < 1.29 is 26.8 Å². The van der Waals surface area contributed by atoms with E-state index in [9.17, 15) is 21.9 Å². The highest BCUT2D eigenvalue weighted by Gasteiger charge is 2.51. The Hall–Kier alpha value is -1.45. The van der Waals surface area contributed by atoms with Crippen molar-refractivity contribution in [3.05, 3.63) is 29.8 Å². The normalized spacial score (nSPS) is 26.8. The standard InChI is InChI=1S/C16H19F3N2O3S/c1-11(2)14-9-15(24-20-14)6-7-21(10-15)25(22,23)13-5-3-4-12(8-13)16(17,18)19/h3-5,8,11H,6-7,9-10H2,1-2H3. The smallest absolute Gasteiger partial charge is 0.416 e. The van der Waals surface area contributed by atoms with Crippen LogP contribution in [0.5, 0.6) is 0 Å². The third-order valence-electron chi connectivity index (χ3n) is 4.61. The molecule has 0 aromatic heterocycles. The lowest BCUT2D eigenvalue weighted by Crippen LogP contribution is -2.39. The summed E-state index contributed by atoms with van der Waals surface area (Å²) in [7, 11) is -4.02. The molecular formula is C16H19F3N2O3S. The number of alkyl halides is 3. The van der Waals surface area contributed by atoms with Gasteiger partial charge in [-0.25, -0.2) is 0 Å². The Morgan fingerprint density at radius 3 is 2.72 bits per heavy atom. The predicted molar refractivity (Wildman–Crippen MR) is 85.4 cm³/mol. The highest BCUT2D eigenvalue weighted by atomic mass is 32.3. The first-order chi connectivity index (χ1) is 11.5. The molecule has 1 aromatic carbocycles. The molecule has 1 spiro atoms. The first kappa shape index (κ1) is 18.3. The molecule has 25 heavy (non-hydrogen) atoms. The molecule has 1 saturated heterocycles. The van der Waals surface area contributed by atoms with Crippen LogP contribution in [0.1, 0.15) is 32.3 Å². The topological polar surface area (TPSA) is 65.0 Å². The van der Waals surface area contributed by atoms with Crippen LogP contribution in [0.2, 0.25) is 0 Å². The summed E-state index contributed by atoms with van der Waals surface area (Å²) < 4.78 is 65.2. The molecule has 0 saturated carbocycles. The molecule has 0 bridgehead atoms. The highest BCUT2D eigenvalue weighted by molar-refractivity contribution is 7.95. The van der Waals surface area contributed by atoms with Gasteiger partial charge in [-0.2, -0.15) is 13.2 Å². The molecule has 2 unspecified atom stereocenters. The fourth-order valence-corrected chi connectivity index (χ4v) is 4.63. The quantitative estimate of drug-likeness (QED) is 0.759. The molecule has 0 N–H and O–H groups in total. The number of oxime groups is 1. The average molecular weight is 376 g/mol. The first-order valence-electron chi connectivity index (χ1n) is 7.96. The second kappa shape index (κ2) is 6.07. The molecule has 2 heterocycles. The fourth-order valence-electron chi connectivity index (χ4n) is 3.07. The molecule has 2 aliphatic heterocycles. The summed E-state index contributed by atoms with van der Waals surface area (Å²) >= 11 is 0. The zero-order valence-corrected chi connectivity index (χ0v) is 14.7. The summed E-state index contributed by atoms with van der Waals surface area (Å²) in [5.74, 6) is 0.202. The lowest BCUT2D eigenvalue weighted by Gasteiger charge is -2.25. The van der Waals surface area contributed by atoms with Crippen LogP contribution < -0.4 is 0 Å². The van der Waals surface area contributed by atoms with E-state index in [1.165, 1.54) is 10.4 Å². The minimum absolute atomic E-state index is 0.0886. The van der Waals surface area contributed by atoms with Gasteiger partial charge in [-0.3, -0.25) is 0 Å². The van der Waals surface area contributed by atoms with Gasteiger partial charge in [0, 0.05) is 25.5 Å². The van der Waals surface area contributed by atoms with Crippen molar-refractivity contribution >= 4 is 16.1 Å². The van der Waals surface area contributed by atoms with Crippen molar-refractivity contribution in [2.45, 2.75) is 43.4 Å². The van der Waals surface area contributed by atoms with Crippen LogP contribution in [-0.4, -0.2) is 33.3 Å². The lowest BCUT2D eigenvalue weighted by atomic mass is 9.92. The third kappa shape index (κ3) is 3.45. The van der Waals surface area contributed by atoms with E-state index in [1.54, 1.807) is 0 Å². The molecule has 1 aromatic rings. The minimum atomic E-state index is -4.59. The van der Waals surface area contributed by atoms with Gasteiger partial charge in [0.25, 0.3) is 0 Å². The molecule has 0 radical (unpaired) electrons. The van der Waals surface area contributed by atoms with E-state index >= 15 is 0 Å². The van der Waals surface area contributed by atoms with E-state index in [-0.39, 0.29) is 23.9 Å². The van der Waals surface area contributed by atoms with Crippen molar-refractivity contribution in [3.63, 3.8) is 0 Å². The van der Waals surface area contributed by atoms with Crippen molar-refractivity contribution in [2.24, 2.45) is 11.1 Å². The van der Waals surface area contributed by atoms with Crippen LogP contribution in [0.15, 0.2) is 34.3 Å². The average Bonchev–Trinajstić information content (AvgIpc) is 3.15. The van der Waals surface area contributed by atoms with E-state index in [1.807, 2.05) is 13.8 Å². The van der Waals surface area contributed by atoms with E-state index in [4.69, 9.17) is 4.84 Å². The van der Waals surface area contributed by atoms with Crippen LogP contribution in [0.25, 0.3) is 0 Å². The van der Waals surface area contributed by atoms with Gasteiger partial charge in [-0.15, -0.1) is 4.31 Å². The zero-order chi connectivity index (χ0) is 18.5. The summed E-state index contributed by atoms with van der Waals surface area (Å²) in [5.41, 5.74) is -0.808. The molecule has 1 fully saturated rings. The lowest BCUT2D eigenvalue weighted by molar-refractivity contribution is -0.137. The van der Waals surface area contributed by atoms with E-state index < -0.39 is 27.7 Å². The van der Waals surface area contributed by atoms with Crippen molar-refractivity contribution in [3.8, 4) is 0 Å². The van der Waals surface area contributed by atoms with Crippen LogP contribution in [0.3, 0.4) is 0 Å². The molecule has 9 heteroatoms. The predicted octanol–water partition coefficient (Wildman–Crippen LogP) is 3.49. The summed E-state index contributed by atoms with van der Waals surface area (Å²) in [4.78, 5) is 5.16. The van der Waals surface area contributed by atoms with Crippen LogP contribution in [0.4, 0.5) is 13.2 Å². The Morgan fingerprint density at radius 2 is 2.12 bits per heavy atom. The second-order valence-electron chi connectivity index (χ2n) is 6.80. The number of benzene rings is 1. The maximum absolute atomic E-state index is 12.8. The Balaban J connectivity index is 1.80. The van der Waals surface area contributed by atoms with Crippen LogP contribution in [0, 0.1) is 5.92 Å². The molecule has 2 atom stereocenters. The van der Waals surface area contributed by atoms with E-state index in [0.717, 1.165) is 17.8 Å². The van der Waals surface area contributed by atoms with Gasteiger partial charge < -0.3 is 9.39 Å². The Kier molecular flexibility index (Phi) is 4.45. The van der Waals surface area contributed by atoms with Crippen molar-refractivity contribution in [2.75, 3.05) is 13.1 Å². The van der Waals surface area contributed by atoms with Gasteiger partial charge in [0.15, 0.2) is 20.9 Å². The van der Waals surface area contributed by atoms with Gasteiger partial charge in [-0.05, 0) is 18.1 Å². The van der Waals surface area contributed by atoms with Gasteiger partial charge in [0.2, 0.25) is 0 Å². The van der Waals surface area contributed by atoms with Crippen LogP contribution in [-0.2, 0) is 25.6 Å². The molecule has 0 aliphatic carbocycles. The summed E-state index contributed by atoms with van der Waals surface area (Å²) in [6.07, 6.45) is -3.59. The first-order valence-corrected chi connectivity index (χ1v) is 9.40. The molecular weight excluding hydrogens is 357 g/mol. The SMILES string of the molecule is CC(C)C1=NOC2(CCN([S+](=O)([O-])c3cccc(C(F)(F)F)c3)C2)C1. The van der Waals surface area contributed by atoms with Gasteiger partial charge in [-0.1, -0.05) is 29.3 Å². The zero-order valence-electron chi connectivity index (χ0n) is 13.9. The third-order valence-corrected chi connectivity index (χ3v) is 6.45. The Bertz CT molecular complexity index is 750. The number of hydrogen-bond acceptors (Lipinski definition) is 4. The molecule has 3 rings (SSSR count). The maximum Gasteiger partial charge on any atom is 0.416 e. The monoisotopic (exact) mass is 376 g/mol. The largest absolute Gasteiger partial charge is 0.593 e. The number of rotatable bonds is 3. The number of sulfonamides is 1.